The number of hydrogen-bond donors (Lipinski definition) is 3. The van der Waals surface area contributed by atoms with Crippen LogP contribution in [0.2, 0.25) is 0 Å². The van der Waals surface area contributed by atoms with Crippen molar-refractivity contribution in [3.05, 3.63) is 72.3 Å². The molecule has 0 unspecified atom stereocenters. The summed E-state index contributed by atoms with van der Waals surface area (Å²) in [5, 5.41) is 4.75. The maximum atomic E-state index is 14.3. The average Bonchev–Trinajstić information content (AvgIpc) is 4.03. The Hall–Kier alpha value is -4.76. The van der Waals surface area contributed by atoms with Crippen LogP contribution in [0.25, 0.3) is 11.1 Å². The molecule has 0 radical (unpaired) electrons. The van der Waals surface area contributed by atoms with Gasteiger partial charge in [-0.3, -0.25) is 19.1 Å². The summed E-state index contributed by atoms with van der Waals surface area (Å²) in [6, 6.07) is 14.2. The SMILES string of the molecule is CC(C)(C)OC(=O)N[C@H]1CCCOCC=C[C@@H]2C[C@@]2(C(=O)NS(=O)(=O)C2CC2)NC(=O)[C@@H]2C[C@@H](OC(=O)c3ccc(-c4ccccc4)cc3)CN2C1=O. The molecule has 284 valence electrons. The number of rotatable bonds is 7. The standard InChI is InChI=1S/C38H46N4O10S/c1-37(2,3)52-36(47)39-30-12-8-20-50-19-7-11-27-22-38(27,35(46)41-53(48,49)29-17-18-29)40-32(43)31-21-28(23-42(31)33(30)44)51-34(45)26-15-13-25(14-16-26)24-9-5-4-6-10-24/h4-7,9-11,13-16,27-31H,8,12,17-23H2,1-3H3,(H,39,47)(H,40,43)(H,41,46)/t27-,28-,30+,31+,38-/m1/s1. The van der Waals surface area contributed by atoms with Crippen LogP contribution in [-0.4, -0.2) is 97.4 Å². The highest BCUT2D eigenvalue weighted by Crippen LogP contribution is 2.46. The predicted octanol–water partition coefficient (Wildman–Crippen LogP) is 3.22. The highest BCUT2D eigenvalue weighted by molar-refractivity contribution is 7.91. The molecule has 1 saturated heterocycles. The number of benzene rings is 2. The van der Waals surface area contributed by atoms with Gasteiger partial charge in [-0.25, -0.2) is 18.0 Å². The van der Waals surface area contributed by atoms with Gasteiger partial charge in [-0.2, -0.15) is 0 Å². The zero-order valence-electron chi connectivity index (χ0n) is 30.0. The number of alkyl carbamates (subject to hydrolysis) is 1. The lowest BCUT2D eigenvalue weighted by molar-refractivity contribution is -0.141. The molecule has 4 aliphatic rings. The lowest BCUT2D eigenvalue weighted by Gasteiger charge is -2.30. The van der Waals surface area contributed by atoms with Crippen LogP contribution in [0.15, 0.2) is 66.7 Å². The number of fused-ring (bicyclic) bond motifs is 2. The van der Waals surface area contributed by atoms with Gasteiger partial charge >= 0.3 is 12.1 Å². The zero-order valence-corrected chi connectivity index (χ0v) is 30.9. The normalized spacial score (nSPS) is 26.5. The topological polar surface area (TPSA) is 187 Å². The van der Waals surface area contributed by atoms with Gasteiger partial charge in [0.25, 0.3) is 5.91 Å². The molecule has 2 heterocycles. The van der Waals surface area contributed by atoms with Gasteiger partial charge in [0.05, 0.1) is 24.0 Å². The van der Waals surface area contributed by atoms with Crippen molar-refractivity contribution < 1.29 is 46.6 Å². The van der Waals surface area contributed by atoms with Crippen LogP contribution in [0, 0.1) is 5.92 Å². The largest absolute Gasteiger partial charge is 0.457 e. The first-order valence-electron chi connectivity index (χ1n) is 17.9. The first kappa shape index (κ1) is 38.0. The van der Waals surface area contributed by atoms with Crippen molar-refractivity contribution in [1.82, 2.24) is 20.3 Å². The number of hydrogen-bond acceptors (Lipinski definition) is 10. The summed E-state index contributed by atoms with van der Waals surface area (Å²) in [6.45, 7) is 5.31. The van der Waals surface area contributed by atoms with Crippen molar-refractivity contribution in [2.24, 2.45) is 5.92 Å². The second-order valence-corrected chi connectivity index (χ2v) is 17.0. The van der Waals surface area contributed by atoms with Crippen molar-refractivity contribution in [3.8, 4) is 11.1 Å². The second kappa shape index (κ2) is 15.3. The van der Waals surface area contributed by atoms with Gasteiger partial charge in [-0.15, -0.1) is 0 Å². The Bertz CT molecular complexity index is 1860. The molecule has 0 aromatic heterocycles. The Morgan fingerprint density at radius 1 is 0.981 bits per heavy atom. The van der Waals surface area contributed by atoms with E-state index in [2.05, 4.69) is 15.4 Å². The second-order valence-electron chi connectivity index (χ2n) is 15.0. The summed E-state index contributed by atoms with van der Waals surface area (Å²) in [5.41, 5.74) is -0.285. The van der Waals surface area contributed by atoms with Gasteiger partial charge in [0.2, 0.25) is 21.8 Å². The molecule has 14 nitrogen and oxygen atoms in total. The molecule has 5 atom stereocenters. The number of carbonyl (C=O) groups excluding carboxylic acids is 5. The smallest absolute Gasteiger partial charge is 0.408 e. The fraction of sp³-hybridized carbons (Fsp3) is 0.500. The number of sulfonamides is 1. The summed E-state index contributed by atoms with van der Waals surface area (Å²) < 4.78 is 44.6. The van der Waals surface area contributed by atoms with Crippen LogP contribution in [0.3, 0.4) is 0 Å². The fourth-order valence-corrected chi connectivity index (χ4v) is 8.02. The Kier molecular flexibility index (Phi) is 11.0. The molecule has 2 aromatic rings. The Morgan fingerprint density at radius 3 is 2.36 bits per heavy atom. The highest BCUT2D eigenvalue weighted by atomic mass is 32.2. The lowest BCUT2D eigenvalue weighted by Crippen LogP contribution is -2.58. The lowest BCUT2D eigenvalue weighted by atomic mass is 10.0. The first-order valence-corrected chi connectivity index (χ1v) is 19.5. The summed E-state index contributed by atoms with van der Waals surface area (Å²) >= 11 is 0. The van der Waals surface area contributed by atoms with E-state index in [9.17, 15) is 32.4 Å². The van der Waals surface area contributed by atoms with E-state index in [0.29, 0.717) is 19.3 Å². The highest BCUT2D eigenvalue weighted by Gasteiger charge is 2.62. The average molecular weight is 751 g/mol. The third kappa shape index (κ3) is 9.25. The van der Waals surface area contributed by atoms with Crippen LogP contribution < -0.4 is 15.4 Å². The van der Waals surface area contributed by atoms with Crippen molar-refractivity contribution in [3.63, 3.8) is 0 Å². The van der Waals surface area contributed by atoms with E-state index in [-0.39, 0.29) is 44.6 Å². The van der Waals surface area contributed by atoms with Gasteiger partial charge in [-0.1, -0.05) is 54.6 Å². The molecule has 53 heavy (non-hydrogen) atoms. The molecule has 4 amide bonds. The molecule has 2 aromatic carbocycles. The molecule has 6 rings (SSSR count). The van der Waals surface area contributed by atoms with Gasteiger partial charge in [-0.05, 0) is 76.1 Å². The van der Waals surface area contributed by atoms with Crippen LogP contribution in [-0.2, 0) is 38.6 Å². The molecule has 15 heteroatoms. The molecule has 2 aliphatic carbocycles. The number of esters is 1. The van der Waals surface area contributed by atoms with E-state index >= 15 is 0 Å². The van der Waals surface area contributed by atoms with Crippen LogP contribution in [0.1, 0.15) is 69.7 Å². The minimum absolute atomic E-state index is 0.105. The monoisotopic (exact) mass is 750 g/mol. The van der Waals surface area contributed by atoms with Crippen molar-refractivity contribution >= 4 is 39.8 Å². The minimum atomic E-state index is -3.93. The van der Waals surface area contributed by atoms with Crippen LogP contribution >= 0.6 is 0 Å². The van der Waals surface area contributed by atoms with Crippen LogP contribution in [0.5, 0.6) is 0 Å². The van der Waals surface area contributed by atoms with E-state index in [1.807, 2.05) is 30.3 Å². The van der Waals surface area contributed by atoms with Crippen molar-refractivity contribution in [2.45, 2.75) is 93.9 Å². The molecule has 2 aliphatic heterocycles. The van der Waals surface area contributed by atoms with E-state index in [1.165, 1.54) is 4.90 Å². The fourth-order valence-electron chi connectivity index (χ4n) is 6.66. The molecule has 3 N–H and O–H groups in total. The maximum Gasteiger partial charge on any atom is 0.408 e. The van der Waals surface area contributed by atoms with Gasteiger partial charge in [0.1, 0.15) is 29.3 Å². The summed E-state index contributed by atoms with van der Waals surface area (Å²) in [7, 11) is -3.93. The van der Waals surface area contributed by atoms with Gasteiger partial charge < -0.3 is 29.7 Å². The molecule has 0 spiro atoms. The third-order valence-corrected chi connectivity index (χ3v) is 11.5. The Balaban J connectivity index is 1.25. The summed E-state index contributed by atoms with van der Waals surface area (Å²) in [6.07, 6.45) is 3.09. The Morgan fingerprint density at radius 2 is 1.68 bits per heavy atom. The molecular formula is C38H46N4O10S. The molecule has 2 saturated carbocycles. The predicted molar refractivity (Wildman–Crippen MR) is 193 cm³/mol. The van der Waals surface area contributed by atoms with E-state index in [0.717, 1.165) is 11.1 Å². The third-order valence-electron chi connectivity index (χ3n) is 9.67. The first-order chi connectivity index (χ1) is 25.1. The summed E-state index contributed by atoms with van der Waals surface area (Å²) in [4.78, 5) is 69.6. The minimum Gasteiger partial charge on any atom is -0.457 e. The number of nitrogens with one attached hydrogen (secondary N) is 3. The zero-order chi connectivity index (χ0) is 38.0. The molecule has 0 bridgehead atoms. The summed E-state index contributed by atoms with van der Waals surface area (Å²) in [5.74, 6) is -3.38. The van der Waals surface area contributed by atoms with Crippen molar-refractivity contribution in [1.29, 1.82) is 0 Å². The number of amides is 4. The number of carbonyl (C=O) groups is 5. The van der Waals surface area contributed by atoms with Gasteiger partial charge in [0.15, 0.2) is 0 Å². The van der Waals surface area contributed by atoms with Gasteiger partial charge in [0, 0.05) is 18.9 Å². The Labute approximate surface area is 309 Å². The number of ether oxygens (including phenoxy) is 3. The van der Waals surface area contributed by atoms with E-state index < -0.39 is 80.3 Å². The van der Waals surface area contributed by atoms with E-state index in [4.69, 9.17) is 14.2 Å². The maximum absolute atomic E-state index is 14.3. The van der Waals surface area contributed by atoms with Crippen LogP contribution in [0.4, 0.5) is 4.79 Å². The van der Waals surface area contributed by atoms with E-state index in [1.54, 1.807) is 57.2 Å². The van der Waals surface area contributed by atoms with Crippen molar-refractivity contribution in [2.75, 3.05) is 19.8 Å². The molecule has 3 fully saturated rings. The quantitative estimate of drug-likeness (QED) is 0.280. The molecular weight excluding hydrogens is 705 g/mol. The number of nitrogens with zero attached hydrogens (tertiary/aromatic N) is 1.